The van der Waals surface area contributed by atoms with E-state index >= 15 is 0 Å². The fourth-order valence-electron chi connectivity index (χ4n) is 3.65. The minimum Gasteiger partial charge on any atom is -0.339 e. The number of benzene rings is 1. The van der Waals surface area contributed by atoms with Gasteiger partial charge in [0.25, 0.3) is 0 Å². The monoisotopic (exact) mass is 359 g/mol. The van der Waals surface area contributed by atoms with Gasteiger partial charge in [0.05, 0.1) is 5.69 Å². The van der Waals surface area contributed by atoms with E-state index in [0.29, 0.717) is 23.7 Å². The van der Waals surface area contributed by atoms with Crippen molar-refractivity contribution >= 4 is 11.9 Å². The minimum atomic E-state index is 0.146. The van der Waals surface area contributed by atoms with Gasteiger partial charge in [-0.1, -0.05) is 30.8 Å². The molecule has 1 aliphatic carbocycles. The molecule has 0 fully saturated rings. The predicted octanol–water partition coefficient (Wildman–Crippen LogP) is 4.64. The number of aromatic nitrogens is 3. The van der Waals surface area contributed by atoms with Crippen molar-refractivity contribution in [1.82, 2.24) is 15.1 Å². The smallest absolute Gasteiger partial charge is 0.226 e. The largest absolute Gasteiger partial charge is 0.339 e. The molecule has 0 saturated carbocycles. The van der Waals surface area contributed by atoms with Crippen molar-refractivity contribution in [2.24, 2.45) is 0 Å². The average Bonchev–Trinajstić information content (AvgIpc) is 3.35. The van der Waals surface area contributed by atoms with Crippen LogP contribution in [0.2, 0.25) is 0 Å². The molecular weight excluding hydrogens is 338 g/mol. The second kappa shape index (κ2) is 7.27. The van der Waals surface area contributed by atoms with Crippen LogP contribution in [0, 0.1) is 0 Å². The lowest BCUT2D eigenvalue weighted by molar-refractivity contribution is 0.0973. The molecule has 4 rings (SSSR count). The zero-order valence-corrected chi connectivity index (χ0v) is 15.3. The summed E-state index contributed by atoms with van der Waals surface area (Å²) in [5, 5.41) is 4.05. The van der Waals surface area contributed by atoms with Crippen LogP contribution in [0.4, 0.5) is 0 Å². The van der Waals surface area contributed by atoms with Crippen LogP contribution >= 0.6 is 0 Å². The molecule has 0 aliphatic heterocycles. The number of ketones is 1. The molecule has 0 bridgehead atoms. The Morgan fingerprint density at radius 2 is 2.22 bits per heavy atom. The van der Waals surface area contributed by atoms with Crippen molar-refractivity contribution in [1.29, 1.82) is 0 Å². The summed E-state index contributed by atoms with van der Waals surface area (Å²) in [6.07, 6.45) is 6.50. The Bertz CT molecular complexity index is 1010. The molecule has 5 nitrogen and oxygen atoms in total. The van der Waals surface area contributed by atoms with Gasteiger partial charge in [-0.25, -0.2) is 0 Å². The van der Waals surface area contributed by atoms with Gasteiger partial charge >= 0.3 is 0 Å². The lowest BCUT2D eigenvalue weighted by Crippen LogP contribution is -2.06. The van der Waals surface area contributed by atoms with E-state index in [9.17, 15) is 4.79 Å². The van der Waals surface area contributed by atoms with Crippen molar-refractivity contribution in [2.45, 2.75) is 38.5 Å². The van der Waals surface area contributed by atoms with Crippen molar-refractivity contribution < 1.29 is 9.32 Å². The summed E-state index contributed by atoms with van der Waals surface area (Å²) in [4.78, 5) is 21.3. The highest BCUT2D eigenvalue weighted by atomic mass is 16.5. The van der Waals surface area contributed by atoms with Gasteiger partial charge in [-0.15, -0.1) is 0 Å². The number of pyridine rings is 1. The van der Waals surface area contributed by atoms with Crippen LogP contribution in [0.25, 0.3) is 17.5 Å². The molecule has 0 radical (unpaired) electrons. The minimum absolute atomic E-state index is 0.146. The highest BCUT2D eigenvalue weighted by molar-refractivity contribution is 5.97. The van der Waals surface area contributed by atoms with Gasteiger partial charge < -0.3 is 4.52 Å². The molecule has 0 N–H and O–H groups in total. The fourth-order valence-corrected chi connectivity index (χ4v) is 3.65. The molecule has 1 atom stereocenters. The van der Waals surface area contributed by atoms with E-state index in [1.807, 2.05) is 13.0 Å². The Kier molecular flexibility index (Phi) is 4.67. The molecule has 0 saturated heterocycles. The molecule has 1 aliphatic rings. The molecule has 136 valence electrons. The summed E-state index contributed by atoms with van der Waals surface area (Å²) in [7, 11) is 0. The van der Waals surface area contributed by atoms with Crippen molar-refractivity contribution in [3.8, 4) is 11.4 Å². The number of rotatable bonds is 6. The van der Waals surface area contributed by atoms with Crippen molar-refractivity contribution in [2.75, 3.05) is 0 Å². The second-order valence-electron chi connectivity index (χ2n) is 6.82. The lowest BCUT2D eigenvalue weighted by atomic mass is 9.92. The first kappa shape index (κ1) is 17.3. The van der Waals surface area contributed by atoms with Gasteiger partial charge in [0.1, 0.15) is 0 Å². The quantitative estimate of drug-likeness (QED) is 0.600. The maximum absolute atomic E-state index is 12.7. The number of Topliss-reactive ketones (excluding diaryl/α,β-unsaturated/α-hetero) is 1. The third-order valence-electron chi connectivity index (χ3n) is 5.12. The predicted molar refractivity (Wildman–Crippen MR) is 103 cm³/mol. The molecule has 0 amide bonds. The van der Waals surface area contributed by atoms with E-state index in [1.165, 1.54) is 11.1 Å². The highest BCUT2D eigenvalue weighted by Crippen LogP contribution is 2.38. The first-order valence-corrected chi connectivity index (χ1v) is 9.25. The van der Waals surface area contributed by atoms with Gasteiger partial charge in [-0.05, 0) is 54.2 Å². The van der Waals surface area contributed by atoms with Crippen LogP contribution in [0.5, 0.6) is 0 Å². The third kappa shape index (κ3) is 3.45. The van der Waals surface area contributed by atoms with E-state index in [4.69, 9.17) is 4.52 Å². The Morgan fingerprint density at radius 3 is 3.00 bits per heavy atom. The number of nitrogens with zero attached hydrogens (tertiary/aromatic N) is 3. The van der Waals surface area contributed by atoms with Gasteiger partial charge in [0.2, 0.25) is 11.7 Å². The average molecular weight is 359 g/mol. The summed E-state index contributed by atoms with van der Waals surface area (Å²) in [6.45, 7) is 5.70. The Balaban J connectivity index is 1.53. The highest BCUT2D eigenvalue weighted by Gasteiger charge is 2.26. The third-order valence-corrected chi connectivity index (χ3v) is 5.12. The molecule has 0 spiro atoms. The van der Waals surface area contributed by atoms with E-state index in [-0.39, 0.29) is 11.7 Å². The van der Waals surface area contributed by atoms with Crippen LogP contribution in [-0.2, 0) is 12.8 Å². The Labute approximate surface area is 158 Å². The van der Waals surface area contributed by atoms with Crippen LogP contribution in [0.15, 0.2) is 47.6 Å². The second-order valence-corrected chi connectivity index (χ2v) is 6.82. The van der Waals surface area contributed by atoms with Gasteiger partial charge in [-0.3, -0.25) is 9.78 Å². The molecule has 27 heavy (non-hydrogen) atoms. The fraction of sp³-hybridized carbons (Fsp3) is 0.273. The molecule has 2 aromatic heterocycles. The van der Waals surface area contributed by atoms with Crippen LogP contribution in [0.3, 0.4) is 0 Å². The summed E-state index contributed by atoms with van der Waals surface area (Å²) in [6, 6.07) is 9.84. The van der Waals surface area contributed by atoms with Gasteiger partial charge in [0, 0.05) is 30.2 Å². The first-order valence-electron chi connectivity index (χ1n) is 9.25. The van der Waals surface area contributed by atoms with Gasteiger partial charge in [0.15, 0.2) is 5.78 Å². The number of aryl methyl sites for hydroxylation is 2. The van der Waals surface area contributed by atoms with E-state index < -0.39 is 0 Å². The SMILES string of the molecule is C=Cc1cc(C(=O)C[C@@H]2CCc3cc(-c4noc(CC)n4)ccc32)ccn1. The Hall–Kier alpha value is -3.08. The lowest BCUT2D eigenvalue weighted by Gasteiger charge is -2.11. The van der Waals surface area contributed by atoms with Crippen molar-refractivity contribution in [3.63, 3.8) is 0 Å². The summed E-state index contributed by atoms with van der Waals surface area (Å²) < 4.78 is 5.21. The number of carbonyl (C=O) groups excluding carboxylic acids is 1. The van der Waals surface area contributed by atoms with E-state index in [2.05, 4.69) is 33.8 Å². The molecule has 5 heteroatoms. The standard InChI is InChI=1S/C22H21N3O2/c1-3-18-12-16(9-10-23-18)20(26)13-15-6-5-14-11-17(7-8-19(14)15)22-24-21(4-2)27-25-22/h3,7-12,15H,1,4-6,13H2,2H3/t15-/m0/s1. The molecule has 2 heterocycles. The number of hydrogen-bond donors (Lipinski definition) is 0. The summed E-state index contributed by atoms with van der Waals surface area (Å²) in [5.41, 5.74) is 4.92. The summed E-state index contributed by atoms with van der Waals surface area (Å²) >= 11 is 0. The maximum Gasteiger partial charge on any atom is 0.226 e. The van der Waals surface area contributed by atoms with E-state index in [0.717, 1.165) is 30.5 Å². The normalized spacial score (nSPS) is 15.5. The summed E-state index contributed by atoms with van der Waals surface area (Å²) in [5.74, 6) is 1.67. The topological polar surface area (TPSA) is 68.9 Å². The zero-order chi connectivity index (χ0) is 18.8. The number of hydrogen-bond acceptors (Lipinski definition) is 5. The first-order chi connectivity index (χ1) is 13.2. The number of fused-ring (bicyclic) bond motifs is 1. The van der Waals surface area contributed by atoms with Crippen LogP contribution < -0.4 is 0 Å². The molecular formula is C22H21N3O2. The number of carbonyl (C=O) groups is 1. The van der Waals surface area contributed by atoms with Crippen LogP contribution in [-0.4, -0.2) is 20.9 Å². The maximum atomic E-state index is 12.7. The molecule has 0 unspecified atom stereocenters. The van der Waals surface area contributed by atoms with Gasteiger partial charge in [-0.2, -0.15) is 4.98 Å². The molecule has 3 aromatic rings. The molecule has 1 aromatic carbocycles. The van der Waals surface area contributed by atoms with Crippen molar-refractivity contribution in [3.05, 3.63) is 71.4 Å². The van der Waals surface area contributed by atoms with E-state index in [1.54, 1.807) is 24.4 Å². The Morgan fingerprint density at radius 1 is 1.33 bits per heavy atom. The zero-order valence-electron chi connectivity index (χ0n) is 15.3. The van der Waals surface area contributed by atoms with Crippen LogP contribution in [0.1, 0.15) is 58.8 Å².